The van der Waals surface area contributed by atoms with Gasteiger partial charge in [-0.2, -0.15) is 13.2 Å². The van der Waals surface area contributed by atoms with Gasteiger partial charge in [-0.05, 0) is 19.1 Å². The number of furan rings is 1. The number of esters is 1. The molecule has 0 bridgehead atoms. The minimum absolute atomic E-state index is 0.0800. The molecule has 0 aromatic carbocycles. The lowest BCUT2D eigenvalue weighted by molar-refractivity contribution is -0.215. The number of ether oxygens (including phenoxy) is 1. The summed E-state index contributed by atoms with van der Waals surface area (Å²) in [6.45, 7) is 7.85. The van der Waals surface area contributed by atoms with Crippen LogP contribution in [0.2, 0.25) is 0 Å². The fourth-order valence-electron chi connectivity index (χ4n) is 3.36. The van der Waals surface area contributed by atoms with Crippen LogP contribution in [0.3, 0.4) is 0 Å². The SMILES string of the molecule is CC1(OC(=O)C(F)(F)F)CCN(C(=O)c2cnc(C(C)(C)C)nc2NCc2ccco2)CC1. The van der Waals surface area contributed by atoms with Crippen LogP contribution in [0.15, 0.2) is 29.0 Å². The van der Waals surface area contributed by atoms with E-state index < -0.39 is 17.7 Å². The van der Waals surface area contributed by atoms with Crippen LogP contribution in [0.4, 0.5) is 19.0 Å². The summed E-state index contributed by atoms with van der Waals surface area (Å²) in [5.41, 5.74) is -1.40. The molecule has 0 spiro atoms. The molecule has 1 aliphatic heterocycles. The molecule has 1 aliphatic rings. The van der Waals surface area contributed by atoms with E-state index in [4.69, 9.17) is 4.42 Å². The molecule has 1 amide bonds. The zero-order valence-corrected chi connectivity index (χ0v) is 19.0. The van der Waals surface area contributed by atoms with Crippen molar-refractivity contribution in [3.8, 4) is 0 Å². The molecule has 2 aromatic heterocycles. The first-order valence-corrected chi connectivity index (χ1v) is 10.5. The molecule has 8 nitrogen and oxygen atoms in total. The standard InChI is InChI=1S/C22H27F3N4O4/c1-20(2,3)18-27-13-15(16(28-18)26-12-14-6-5-11-32-14)17(30)29-9-7-21(4,8-10-29)33-19(31)22(23,24)25/h5-6,11,13H,7-10,12H2,1-4H3,(H,26,27,28). The summed E-state index contributed by atoms with van der Waals surface area (Å²) in [6.07, 6.45) is -1.90. The van der Waals surface area contributed by atoms with Crippen LogP contribution in [0, 0.1) is 0 Å². The normalized spacial score (nSPS) is 16.4. The molecule has 2 aromatic rings. The summed E-state index contributed by atoms with van der Waals surface area (Å²) < 4.78 is 47.7. The molecule has 1 fully saturated rings. The number of anilines is 1. The molecule has 1 saturated heterocycles. The minimum atomic E-state index is -5.06. The topological polar surface area (TPSA) is 97.6 Å². The lowest BCUT2D eigenvalue weighted by Gasteiger charge is -2.39. The Balaban J connectivity index is 1.75. The van der Waals surface area contributed by atoms with Crippen molar-refractivity contribution >= 4 is 17.7 Å². The van der Waals surface area contributed by atoms with Gasteiger partial charge in [-0.25, -0.2) is 14.8 Å². The number of nitrogens with zero attached hydrogens (tertiary/aromatic N) is 3. The van der Waals surface area contributed by atoms with E-state index >= 15 is 0 Å². The van der Waals surface area contributed by atoms with Gasteiger partial charge in [0.25, 0.3) is 5.91 Å². The average molecular weight is 468 g/mol. The second-order valence-corrected chi connectivity index (χ2v) is 9.27. The number of piperidine rings is 1. The number of carbonyl (C=O) groups excluding carboxylic acids is 2. The first-order valence-electron chi connectivity index (χ1n) is 10.5. The van der Waals surface area contributed by atoms with Crippen LogP contribution in [-0.2, 0) is 21.5 Å². The van der Waals surface area contributed by atoms with Crippen molar-refractivity contribution in [1.82, 2.24) is 14.9 Å². The molecule has 33 heavy (non-hydrogen) atoms. The van der Waals surface area contributed by atoms with Crippen molar-refractivity contribution < 1.29 is 31.9 Å². The average Bonchev–Trinajstić information content (AvgIpc) is 3.24. The molecular formula is C22H27F3N4O4. The summed E-state index contributed by atoms with van der Waals surface area (Å²) in [4.78, 5) is 34.9. The number of likely N-dealkylation sites (tertiary alicyclic amines) is 1. The molecule has 0 radical (unpaired) electrons. The molecule has 3 rings (SSSR count). The largest absolute Gasteiger partial charge is 0.490 e. The highest BCUT2D eigenvalue weighted by Gasteiger charge is 2.46. The number of carbonyl (C=O) groups is 2. The fraction of sp³-hybridized carbons (Fsp3) is 0.545. The lowest BCUT2D eigenvalue weighted by atomic mass is 9.93. The molecule has 11 heteroatoms. The molecule has 0 saturated carbocycles. The van der Waals surface area contributed by atoms with E-state index in [1.807, 2.05) is 20.8 Å². The second kappa shape index (κ2) is 9.03. The van der Waals surface area contributed by atoms with Crippen LogP contribution < -0.4 is 5.32 Å². The minimum Gasteiger partial charge on any atom is -0.467 e. The maximum Gasteiger partial charge on any atom is 0.490 e. The predicted octanol–water partition coefficient (Wildman–Crippen LogP) is 4.08. The van der Waals surface area contributed by atoms with Gasteiger partial charge < -0.3 is 19.4 Å². The number of aromatic nitrogens is 2. The summed E-state index contributed by atoms with van der Waals surface area (Å²) in [7, 11) is 0. The molecule has 0 unspecified atom stereocenters. The zero-order valence-electron chi connectivity index (χ0n) is 19.0. The van der Waals surface area contributed by atoms with Gasteiger partial charge in [-0.15, -0.1) is 0 Å². The first-order chi connectivity index (χ1) is 15.3. The Kier molecular flexibility index (Phi) is 6.71. The Bertz CT molecular complexity index is 992. The highest BCUT2D eigenvalue weighted by Crippen LogP contribution is 2.31. The van der Waals surface area contributed by atoms with Crippen LogP contribution in [0.25, 0.3) is 0 Å². The molecular weight excluding hydrogens is 441 g/mol. The molecule has 0 atom stereocenters. The van der Waals surface area contributed by atoms with Crippen molar-refractivity contribution in [1.29, 1.82) is 0 Å². The van der Waals surface area contributed by atoms with E-state index in [0.29, 0.717) is 23.9 Å². The van der Waals surface area contributed by atoms with E-state index in [1.54, 1.807) is 18.4 Å². The third-order valence-corrected chi connectivity index (χ3v) is 5.38. The van der Waals surface area contributed by atoms with E-state index in [9.17, 15) is 22.8 Å². The van der Waals surface area contributed by atoms with Crippen molar-refractivity contribution in [3.05, 3.63) is 41.7 Å². The molecule has 3 heterocycles. The highest BCUT2D eigenvalue weighted by atomic mass is 19.4. The maximum atomic E-state index is 13.2. The summed E-state index contributed by atoms with van der Waals surface area (Å²) in [6, 6.07) is 3.54. The van der Waals surface area contributed by atoms with Gasteiger partial charge in [0.1, 0.15) is 28.6 Å². The van der Waals surface area contributed by atoms with Crippen molar-refractivity contribution in [2.45, 2.75) is 64.3 Å². The van der Waals surface area contributed by atoms with Crippen LogP contribution >= 0.6 is 0 Å². The van der Waals surface area contributed by atoms with Gasteiger partial charge in [0.15, 0.2) is 0 Å². The highest BCUT2D eigenvalue weighted by molar-refractivity contribution is 5.98. The molecule has 0 aliphatic carbocycles. The first kappa shape index (κ1) is 24.5. The summed E-state index contributed by atoms with van der Waals surface area (Å²) >= 11 is 0. The number of alkyl halides is 3. The van der Waals surface area contributed by atoms with E-state index in [2.05, 4.69) is 20.0 Å². The van der Waals surface area contributed by atoms with Crippen molar-refractivity contribution in [2.24, 2.45) is 0 Å². The Labute approximate surface area is 189 Å². The van der Waals surface area contributed by atoms with Gasteiger partial charge >= 0.3 is 12.1 Å². The van der Waals surface area contributed by atoms with E-state index in [0.717, 1.165) is 0 Å². The molecule has 1 N–H and O–H groups in total. The Morgan fingerprint density at radius 3 is 2.45 bits per heavy atom. The van der Waals surface area contributed by atoms with E-state index in [1.165, 1.54) is 18.0 Å². The smallest absolute Gasteiger partial charge is 0.467 e. The molecule has 180 valence electrons. The van der Waals surface area contributed by atoms with Crippen LogP contribution in [0.1, 0.15) is 62.5 Å². The Hall–Kier alpha value is -3.11. The van der Waals surface area contributed by atoms with Gasteiger partial charge in [0.05, 0.1) is 12.8 Å². The number of hydrogen-bond acceptors (Lipinski definition) is 7. The quantitative estimate of drug-likeness (QED) is 0.661. The lowest BCUT2D eigenvalue weighted by Crippen LogP contribution is -2.48. The third kappa shape index (κ3) is 6.02. The van der Waals surface area contributed by atoms with Crippen LogP contribution in [-0.4, -0.2) is 51.6 Å². The Morgan fingerprint density at radius 1 is 1.24 bits per heavy atom. The van der Waals surface area contributed by atoms with Crippen LogP contribution in [0.5, 0.6) is 0 Å². The number of amides is 1. The number of hydrogen-bond donors (Lipinski definition) is 1. The third-order valence-electron chi connectivity index (χ3n) is 5.38. The van der Waals surface area contributed by atoms with Crippen molar-refractivity contribution in [2.75, 3.05) is 18.4 Å². The maximum absolute atomic E-state index is 13.2. The van der Waals surface area contributed by atoms with Gasteiger partial charge in [0.2, 0.25) is 0 Å². The number of nitrogens with one attached hydrogen (secondary N) is 1. The Morgan fingerprint density at radius 2 is 1.91 bits per heavy atom. The van der Waals surface area contributed by atoms with E-state index in [-0.39, 0.29) is 42.8 Å². The van der Waals surface area contributed by atoms with Gasteiger partial charge in [-0.3, -0.25) is 4.79 Å². The van der Waals surface area contributed by atoms with Gasteiger partial charge in [-0.1, -0.05) is 20.8 Å². The summed E-state index contributed by atoms with van der Waals surface area (Å²) in [5, 5.41) is 3.12. The monoisotopic (exact) mass is 468 g/mol. The number of halogens is 3. The van der Waals surface area contributed by atoms with Crippen molar-refractivity contribution in [3.63, 3.8) is 0 Å². The summed E-state index contributed by atoms with van der Waals surface area (Å²) in [5.74, 6) is -1.04. The second-order valence-electron chi connectivity index (χ2n) is 9.27. The zero-order chi connectivity index (χ0) is 24.4. The fourth-order valence-corrected chi connectivity index (χ4v) is 3.36. The number of rotatable bonds is 5. The predicted molar refractivity (Wildman–Crippen MR) is 112 cm³/mol. The van der Waals surface area contributed by atoms with Gasteiger partial charge in [0, 0.05) is 37.5 Å².